The number of aliphatic hydroxyl groups is 1. The molecule has 0 saturated carbocycles. The summed E-state index contributed by atoms with van der Waals surface area (Å²) in [6.45, 7) is 37.6. The van der Waals surface area contributed by atoms with Crippen molar-refractivity contribution in [3.8, 4) is 35.0 Å². The molecule has 0 fully saturated rings. The monoisotopic (exact) mass is 858 g/mol. The van der Waals surface area contributed by atoms with Crippen LogP contribution in [-0.4, -0.2) is 46.0 Å². The molecule has 0 bridgehead atoms. The van der Waals surface area contributed by atoms with Gasteiger partial charge < -0.3 is 18.4 Å². The first-order valence-electron chi connectivity index (χ1n) is 20.8. The van der Waals surface area contributed by atoms with Crippen LogP contribution in [-0.2, 0) is 17.3 Å². The summed E-state index contributed by atoms with van der Waals surface area (Å²) in [5, 5.41) is 45.4. The molecule has 0 amide bonds. The molecular formula is C50H54N8O4Si. The second kappa shape index (κ2) is 20.0. The lowest BCUT2D eigenvalue weighted by molar-refractivity contribution is 0.148. The third kappa shape index (κ3) is 11.0. The molecule has 2 heterocycles. The lowest BCUT2D eigenvalue weighted by atomic mass is 9.90. The highest BCUT2D eigenvalue weighted by molar-refractivity contribution is 6.74. The van der Waals surface area contributed by atoms with Crippen LogP contribution in [0.1, 0.15) is 103 Å². The Bertz CT molecular complexity index is 2720. The second-order valence-electron chi connectivity index (χ2n) is 17.4. The number of nitrogens with zero attached hydrogens (tertiary/aromatic N) is 8. The summed E-state index contributed by atoms with van der Waals surface area (Å²) in [5.41, 5.74) is 10.2. The van der Waals surface area contributed by atoms with Gasteiger partial charge in [0.25, 0.3) is 0 Å². The minimum absolute atomic E-state index is 0.0675. The van der Waals surface area contributed by atoms with Gasteiger partial charge in [0.2, 0.25) is 23.6 Å². The van der Waals surface area contributed by atoms with Crippen molar-refractivity contribution in [2.45, 2.75) is 117 Å². The molecule has 2 aromatic heterocycles. The fraction of sp³-hybridized carbons (Fsp3) is 0.360. The van der Waals surface area contributed by atoms with E-state index in [1.165, 1.54) is 0 Å². The van der Waals surface area contributed by atoms with Gasteiger partial charge in [0.1, 0.15) is 0 Å². The van der Waals surface area contributed by atoms with Crippen LogP contribution in [0.25, 0.3) is 32.6 Å². The molecule has 0 saturated heterocycles. The molecule has 0 unspecified atom stereocenters. The average molecular weight is 859 g/mol. The Hall–Kier alpha value is -6.74. The van der Waals surface area contributed by atoms with E-state index in [9.17, 15) is 5.11 Å². The molecule has 1 N–H and O–H groups in total. The topological polar surface area (TPSA) is 164 Å². The molecule has 0 aliphatic heterocycles. The van der Waals surface area contributed by atoms with E-state index in [1.807, 2.05) is 51.1 Å². The van der Waals surface area contributed by atoms with Crippen LogP contribution in [0.4, 0.5) is 11.4 Å². The second-order valence-corrected chi connectivity index (χ2v) is 22.2. The Morgan fingerprint density at radius 1 is 0.651 bits per heavy atom. The van der Waals surface area contributed by atoms with Gasteiger partial charge in [0.05, 0.1) is 60.5 Å². The first-order valence-corrected chi connectivity index (χ1v) is 23.7. The summed E-state index contributed by atoms with van der Waals surface area (Å²) in [7, 11) is -2.05. The van der Waals surface area contributed by atoms with E-state index in [2.05, 4.69) is 89.9 Å². The van der Waals surface area contributed by atoms with Crippen molar-refractivity contribution in [3.05, 3.63) is 152 Å². The van der Waals surface area contributed by atoms with E-state index >= 15 is 0 Å². The van der Waals surface area contributed by atoms with Gasteiger partial charge in [-0.25, -0.2) is 9.69 Å². The number of aromatic nitrogens is 4. The highest BCUT2D eigenvalue weighted by atomic mass is 28.4. The summed E-state index contributed by atoms with van der Waals surface area (Å²) in [5.74, 6) is 1.14. The number of hydrogen-bond donors (Lipinski definition) is 1. The quantitative estimate of drug-likeness (QED) is 0.0925. The van der Waals surface area contributed by atoms with Crippen LogP contribution in [0.15, 0.2) is 81.6 Å². The molecule has 6 aromatic rings. The third-order valence-corrected chi connectivity index (χ3v) is 16.9. The molecule has 0 radical (unpaired) electrons. The predicted molar refractivity (Wildman–Crippen MR) is 246 cm³/mol. The van der Waals surface area contributed by atoms with E-state index in [0.29, 0.717) is 58.9 Å². The van der Waals surface area contributed by atoms with Crippen LogP contribution in [0.5, 0.6) is 0 Å². The van der Waals surface area contributed by atoms with Gasteiger partial charge in [0, 0.05) is 11.1 Å². The molecule has 4 atom stereocenters. The highest BCUT2D eigenvalue weighted by Crippen LogP contribution is 2.40. The van der Waals surface area contributed by atoms with Crippen molar-refractivity contribution in [2.75, 3.05) is 0 Å². The number of rotatable bonds is 12. The van der Waals surface area contributed by atoms with Crippen molar-refractivity contribution in [3.63, 3.8) is 0 Å². The van der Waals surface area contributed by atoms with Crippen molar-refractivity contribution in [2.24, 2.45) is 0 Å². The summed E-state index contributed by atoms with van der Waals surface area (Å²) >= 11 is 0. The largest absolute Gasteiger partial charge is 0.420 e. The summed E-state index contributed by atoms with van der Waals surface area (Å²) in [6.07, 6.45) is 0.354. The smallest absolute Gasteiger partial charge is 0.247 e. The molecule has 0 aliphatic rings. The molecular weight excluding hydrogens is 805 g/mol. The van der Waals surface area contributed by atoms with Crippen LogP contribution < -0.4 is 0 Å². The maximum Gasteiger partial charge on any atom is 0.247 e. The Morgan fingerprint density at radius 2 is 1.05 bits per heavy atom. The minimum Gasteiger partial charge on any atom is -0.420 e. The number of aliphatic hydroxyl groups excluding tert-OH is 1. The van der Waals surface area contributed by atoms with Gasteiger partial charge in [-0.1, -0.05) is 56.2 Å². The van der Waals surface area contributed by atoms with Crippen molar-refractivity contribution in [1.29, 1.82) is 10.5 Å². The van der Waals surface area contributed by atoms with E-state index in [-0.39, 0.29) is 23.0 Å². The van der Waals surface area contributed by atoms with Crippen LogP contribution >= 0.6 is 0 Å². The SMILES string of the molecule is [C-]#[N+]c1ccc(C[C@@H](c2nnc(-c3ccc(C#N)cc3)o2)[C@H](C)O)c(C)c1C.[C-]#[N+]c1ccc(C[C@@H](c2nnc(-c3ccc(C#N)cc3)o2)[C@H](C)O[Si](C)(C)C(C)(C)C)c(C)c1C. The zero-order chi connectivity index (χ0) is 46.2. The molecule has 0 aliphatic carbocycles. The first-order chi connectivity index (χ1) is 29.8. The van der Waals surface area contributed by atoms with E-state index in [0.717, 1.165) is 44.5 Å². The normalized spacial score (nSPS) is 13.3. The molecule has 12 nitrogen and oxygen atoms in total. The van der Waals surface area contributed by atoms with Crippen LogP contribution in [0.2, 0.25) is 18.1 Å². The lowest BCUT2D eigenvalue weighted by Gasteiger charge is -2.40. The van der Waals surface area contributed by atoms with Gasteiger partial charge >= 0.3 is 0 Å². The van der Waals surface area contributed by atoms with E-state index in [1.54, 1.807) is 49.4 Å². The Labute approximate surface area is 372 Å². The standard InChI is InChI=1S/C28H34N4O2Si.C22H20N4O2/c1-18-19(2)25(30-7)15-14-23(18)16-24(20(3)34-35(8,9)28(4,5)6)27-32-31-26(33-27)22-12-10-21(17-29)11-13-22;1-13-14(2)20(24-4)10-9-18(13)11-19(15(3)27)22-26-25-21(28-22)17-7-5-16(12-23)6-8-17/h10-15,20,24H,16H2,1-6,8-9H3;5-10,15,19,27H,11H2,1-3H3/t20-,24+;15-,19+/m00/s1. The minimum atomic E-state index is -2.05. The lowest BCUT2D eigenvalue weighted by Crippen LogP contribution is -2.44. The van der Waals surface area contributed by atoms with E-state index < -0.39 is 14.4 Å². The molecule has 0 spiro atoms. The molecule has 6 rings (SSSR count). The predicted octanol–water partition coefficient (Wildman–Crippen LogP) is 12.0. The van der Waals surface area contributed by atoms with Crippen molar-refractivity contribution < 1.29 is 18.4 Å². The maximum atomic E-state index is 10.3. The Kier molecular flexibility index (Phi) is 15.0. The number of nitriles is 2. The molecule has 4 aromatic carbocycles. The zero-order valence-corrected chi connectivity index (χ0v) is 38.9. The number of benzene rings is 4. The summed E-state index contributed by atoms with van der Waals surface area (Å²) in [4.78, 5) is 7.17. The van der Waals surface area contributed by atoms with Gasteiger partial charge in [-0.05, 0) is 143 Å². The van der Waals surface area contributed by atoms with Crippen molar-refractivity contribution in [1.82, 2.24) is 20.4 Å². The molecule has 322 valence electrons. The molecule has 63 heavy (non-hydrogen) atoms. The Balaban J connectivity index is 0.000000243. The first kappa shape index (κ1) is 47.3. The fourth-order valence-corrected chi connectivity index (χ4v) is 8.35. The van der Waals surface area contributed by atoms with Crippen LogP contribution in [0.3, 0.4) is 0 Å². The summed E-state index contributed by atoms with van der Waals surface area (Å²) in [6, 6.07) is 25.8. The summed E-state index contributed by atoms with van der Waals surface area (Å²) < 4.78 is 18.8. The Morgan fingerprint density at radius 3 is 1.41 bits per heavy atom. The average Bonchev–Trinajstić information content (AvgIpc) is 3.96. The van der Waals surface area contributed by atoms with Gasteiger partial charge in [-0.2, -0.15) is 10.5 Å². The fourth-order valence-electron chi connectivity index (χ4n) is 6.90. The highest BCUT2D eigenvalue weighted by Gasteiger charge is 2.41. The van der Waals surface area contributed by atoms with Gasteiger partial charge in [-0.15, -0.1) is 20.4 Å². The number of hydrogen-bond acceptors (Lipinski definition) is 10. The van der Waals surface area contributed by atoms with Gasteiger partial charge in [0.15, 0.2) is 19.7 Å². The third-order valence-electron chi connectivity index (χ3n) is 12.3. The van der Waals surface area contributed by atoms with Crippen LogP contribution in [0, 0.1) is 63.5 Å². The molecule has 13 heteroatoms. The maximum absolute atomic E-state index is 10.3. The van der Waals surface area contributed by atoms with E-state index in [4.69, 9.17) is 36.9 Å². The van der Waals surface area contributed by atoms with Crippen molar-refractivity contribution >= 4 is 19.7 Å². The zero-order valence-electron chi connectivity index (χ0n) is 37.9. The van der Waals surface area contributed by atoms with Gasteiger partial charge in [-0.3, -0.25) is 0 Å².